The molecule has 0 bridgehead atoms. The van der Waals surface area contributed by atoms with Crippen LogP contribution in [0.4, 0.5) is 0 Å². The van der Waals surface area contributed by atoms with Crippen molar-refractivity contribution in [3.05, 3.63) is 34.4 Å². The van der Waals surface area contributed by atoms with Crippen molar-refractivity contribution in [1.82, 2.24) is 19.7 Å². The highest BCUT2D eigenvalue weighted by molar-refractivity contribution is 7.99. The lowest BCUT2D eigenvalue weighted by Gasteiger charge is -2.02. The van der Waals surface area contributed by atoms with Crippen molar-refractivity contribution in [3.8, 4) is 0 Å². The van der Waals surface area contributed by atoms with Crippen molar-refractivity contribution < 1.29 is 9.53 Å². The van der Waals surface area contributed by atoms with Crippen molar-refractivity contribution in [1.29, 1.82) is 0 Å². The highest BCUT2D eigenvalue weighted by Gasteiger charge is 2.10. The summed E-state index contributed by atoms with van der Waals surface area (Å²) < 4.78 is 5.97. The topological polar surface area (TPSA) is 89.9 Å². The van der Waals surface area contributed by atoms with E-state index < -0.39 is 5.97 Å². The third kappa shape index (κ3) is 2.43. The molecule has 7 nitrogen and oxygen atoms in total. The summed E-state index contributed by atoms with van der Waals surface area (Å²) in [6, 6.07) is 3.13. The number of aromatic nitrogens is 4. The highest BCUT2D eigenvalue weighted by Crippen LogP contribution is 2.23. The summed E-state index contributed by atoms with van der Waals surface area (Å²) in [5.74, 6) is -0.435. The summed E-state index contributed by atoms with van der Waals surface area (Å²) in [5.41, 5.74) is 0.0946. The van der Waals surface area contributed by atoms with Gasteiger partial charge in [0.05, 0.1) is 12.7 Å². The second-order valence-electron chi connectivity index (χ2n) is 3.35. The molecular formula is C10H10N4O3S. The molecule has 2 aromatic rings. The highest BCUT2D eigenvalue weighted by atomic mass is 32.2. The van der Waals surface area contributed by atoms with Crippen LogP contribution in [0.25, 0.3) is 0 Å². The van der Waals surface area contributed by atoms with Crippen LogP contribution < -0.4 is 5.69 Å². The zero-order chi connectivity index (χ0) is 13.1. The molecule has 0 aliphatic heterocycles. The smallest absolute Gasteiger partial charge is 0.343 e. The molecule has 0 unspecified atom stereocenters. The number of carbonyl (C=O) groups is 1. The predicted molar refractivity (Wildman–Crippen MR) is 63.5 cm³/mol. The number of H-pyrrole nitrogens is 1. The Balaban J connectivity index is 2.27. The van der Waals surface area contributed by atoms with E-state index in [4.69, 9.17) is 0 Å². The molecule has 0 fully saturated rings. The van der Waals surface area contributed by atoms with Crippen LogP contribution >= 0.6 is 11.8 Å². The van der Waals surface area contributed by atoms with Crippen LogP contribution in [-0.2, 0) is 11.8 Å². The normalized spacial score (nSPS) is 10.3. The fourth-order valence-corrected chi connectivity index (χ4v) is 2.03. The average Bonchev–Trinajstić information content (AvgIpc) is 2.70. The van der Waals surface area contributed by atoms with E-state index >= 15 is 0 Å². The second-order valence-corrected chi connectivity index (χ2v) is 4.33. The minimum Gasteiger partial charge on any atom is -0.465 e. The molecule has 0 radical (unpaired) electrons. The van der Waals surface area contributed by atoms with Gasteiger partial charge in [0.1, 0.15) is 5.03 Å². The average molecular weight is 266 g/mol. The van der Waals surface area contributed by atoms with Crippen LogP contribution in [0.2, 0.25) is 0 Å². The number of nitrogens with zero attached hydrogens (tertiary/aromatic N) is 3. The van der Waals surface area contributed by atoms with E-state index in [-0.39, 0.29) is 5.69 Å². The molecule has 1 N–H and O–H groups in total. The summed E-state index contributed by atoms with van der Waals surface area (Å²) in [5, 5.41) is 7.18. The summed E-state index contributed by atoms with van der Waals surface area (Å²) in [6.45, 7) is 0. The number of nitrogens with one attached hydrogen (secondary N) is 1. The molecule has 0 aliphatic rings. The van der Waals surface area contributed by atoms with Crippen LogP contribution in [0.15, 0.2) is 33.3 Å². The number of rotatable bonds is 3. The van der Waals surface area contributed by atoms with Crippen molar-refractivity contribution in [2.45, 2.75) is 10.2 Å². The monoisotopic (exact) mass is 266 g/mol. The molecule has 2 rings (SSSR count). The zero-order valence-electron chi connectivity index (χ0n) is 9.71. The van der Waals surface area contributed by atoms with Gasteiger partial charge in [-0.15, -0.1) is 5.10 Å². The molecule has 0 amide bonds. The van der Waals surface area contributed by atoms with Gasteiger partial charge in [0.15, 0.2) is 5.16 Å². The summed E-state index contributed by atoms with van der Waals surface area (Å²) >= 11 is 1.18. The van der Waals surface area contributed by atoms with Gasteiger partial charge in [-0.05, 0) is 23.9 Å². The van der Waals surface area contributed by atoms with Gasteiger partial charge in [-0.2, -0.15) is 0 Å². The summed E-state index contributed by atoms with van der Waals surface area (Å²) in [6.07, 6.45) is 1.50. The first kappa shape index (κ1) is 12.4. The first-order chi connectivity index (χ1) is 8.61. The fraction of sp³-hybridized carbons (Fsp3) is 0.200. The van der Waals surface area contributed by atoms with Gasteiger partial charge in [0, 0.05) is 13.2 Å². The number of hydrogen-bond acceptors (Lipinski definition) is 6. The lowest BCUT2D eigenvalue weighted by molar-refractivity contribution is 0.0600. The Morgan fingerprint density at radius 1 is 1.56 bits per heavy atom. The number of pyridine rings is 1. The molecule has 94 valence electrons. The largest absolute Gasteiger partial charge is 0.465 e. The third-order valence-electron chi connectivity index (χ3n) is 2.19. The van der Waals surface area contributed by atoms with E-state index in [1.54, 1.807) is 19.2 Å². The van der Waals surface area contributed by atoms with Crippen molar-refractivity contribution in [3.63, 3.8) is 0 Å². The number of ether oxygens (including phenoxy) is 1. The standard InChI is InChI=1S/C10H10N4O3S/c1-14-9(16)12-13-10(14)18-7-5-6(3-4-11-7)8(15)17-2/h3-5H,1-2H3,(H,12,16). The molecule has 0 atom stereocenters. The Bertz CT molecular complexity index is 634. The molecule has 2 heterocycles. The second kappa shape index (κ2) is 5.05. The van der Waals surface area contributed by atoms with Crippen LogP contribution in [0.1, 0.15) is 10.4 Å². The van der Waals surface area contributed by atoms with Gasteiger partial charge >= 0.3 is 11.7 Å². The Morgan fingerprint density at radius 2 is 2.33 bits per heavy atom. The Morgan fingerprint density at radius 3 is 2.94 bits per heavy atom. The van der Waals surface area contributed by atoms with Crippen LogP contribution in [0, 0.1) is 0 Å². The van der Waals surface area contributed by atoms with Gasteiger partial charge in [0.2, 0.25) is 0 Å². The van der Waals surface area contributed by atoms with Gasteiger partial charge < -0.3 is 4.74 Å². The Hall–Kier alpha value is -2.09. The molecule has 8 heteroatoms. The molecule has 0 saturated heterocycles. The molecule has 18 heavy (non-hydrogen) atoms. The van der Waals surface area contributed by atoms with Crippen LogP contribution in [-0.4, -0.2) is 32.8 Å². The van der Waals surface area contributed by atoms with E-state index in [1.807, 2.05) is 0 Å². The third-order valence-corrected chi connectivity index (χ3v) is 3.17. The van der Waals surface area contributed by atoms with Gasteiger partial charge in [-0.1, -0.05) is 0 Å². The number of methoxy groups -OCH3 is 1. The summed E-state index contributed by atoms with van der Waals surface area (Å²) in [7, 11) is 2.91. The molecular weight excluding hydrogens is 256 g/mol. The van der Waals surface area contributed by atoms with E-state index in [9.17, 15) is 9.59 Å². The quantitative estimate of drug-likeness (QED) is 0.811. The Labute approximate surface area is 106 Å². The first-order valence-electron chi connectivity index (χ1n) is 4.95. The first-order valence-corrected chi connectivity index (χ1v) is 5.77. The zero-order valence-corrected chi connectivity index (χ0v) is 10.5. The summed E-state index contributed by atoms with van der Waals surface area (Å²) in [4.78, 5) is 26.6. The molecule has 0 aromatic carbocycles. The van der Waals surface area contributed by atoms with E-state index in [2.05, 4.69) is 19.9 Å². The minimum absolute atomic E-state index is 0.304. The minimum atomic E-state index is -0.435. The lowest BCUT2D eigenvalue weighted by atomic mass is 10.3. The maximum absolute atomic E-state index is 11.4. The van der Waals surface area contributed by atoms with Crippen molar-refractivity contribution in [2.24, 2.45) is 7.05 Å². The number of hydrogen-bond donors (Lipinski definition) is 1. The van der Waals surface area contributed by atoms with Gasteiger partial charge in [-0.3, -0.25) is 4.57 Å². The predicted octanol–water partition coefficient (Wildman–Crippen LogP) is 0.441. The maximum atomic E-state index is 11.4. The number of aromatic amines is 1. The number of carbonyl (C=O) groups excluding carboxylic acids is 1. The maximum Gasteiger partial charge on any atom is 0.343 e. The lowest BCUT2D eigenvalue weighted by Crippen LogP contribution is -2.12. The Kier molecular flexibility index (Phi) is 3.47. The SMILES string of the molecule is COC(=O)c1ccnc(Sc2n[nH]c(=O)n2C)c1. The van der Waals surface area contributed by atoms with Crippen molar-refractivity contribution >= 4 is 17.7 Å². The van der Waals surface area contributed by atoms with E-state index in [0.29, 0.717) is 15.7 Å². The van der Waals surface area contributed by atoms with Crippen molar-refractivity contribution in [2.75, 3.05) is 7.11 Å². The van der Waals surface area contributed by atoms with Gasteiger partial charge in [0.25, 0.3) is 0 Å². The molecule has 0 saturated carbocycles. The van der Waals surface area contributed by atoms with Crippen LogP contribution in [0.3, 0.4) is 0 Å². The fourth-order valence-electron chi connectivity index (χ4n) is 1.23. The van der Waals surface area contributed by atoms with E-state index in [1.165, 1.54) is 29.6 Å². The van der Waals surface area contributed by atoms with E-state index in [0.717, 1.165) is 0 Å². The molecule has 0 spiro atoms. The number of esters is 1. The van der Waals surface area contributed by atoms with Gasteiger partial charge in [-0.25, -0.2) is 19.7 Å². The molecule has 0 aliphatic carbocycles. The van der Waals surface area contributed by atoms with Crippen LogP contribution in [0.5, 0.6) is 0 Å². The molecule has 2 aromatic heterocycles.